The third-order valence-corrected chi connectivity index (χ3v) is 4.98. The number of carbonyl (C=O) groups is 1. The van der Waals surface area contributed by atoms with Crippen LogP contribution in [0.3, 0.4) is 0 Å². The molecule has 0 unspecified atom stereocenters. The van der Waals surface area contributed by atoms with E-state index in [0.717, 1.165) is 57.2 Å². The number of amides is 2. The van der Waals surface area contributed by atoms with Crippen molar-refractivity contribution in [2.45, 2.75) is 26.3 Å². The molecule has 6 nitrogen and oxygen atoms in total. The highest BCUT2D eigenvalue weighted by atomic mass is 16.5. The van der Waals surface area contributed by atoms with Gasteiger partial charge in [0, 0.05) is 56.6 Å². The first-order valence-corrected chi connectivity index (χ1v) is 8.90. The van der Waals surface area contributed by atoms with Gasteiger partial charge >= 0.3 is 6.03 Å². The third-order valence-electron chi connectivity index (χ3n) is 4.98. The van der Waals surface area contributed by atoms with Crippen molar-refractivity contribution in [2.75, 3.05) is 45.9 Å². The number of aryl methyl sites for hydroxylation is 1. The first-order chi connectivity index (χ1) is 11.6. The van der Waals surface area contributed by atoms with Crippen molar-refractivity contribution >= 4 is 6.03 Å². The maximum Gasteiger partial charge on any atom is 0.317 e. The number of hydrogen-bond acceptors (Lipinski definition) is 4. The highest BCUT2D eigenvalue weighted by Gasteiger charge is 2.36. The lowest BCUT2D eigenvalue weighted by Crippen LogP contribution is -2.47. The molecule has 0 saturated carbocycles. The summed E-state index contributed by atoms with van der Waals surface area (Å²) in [6.45, 7) is 10.1. The fraction of sp³-hybridized carbons (Fsp3) is 0.667. The van der Waals surface area contributed by atoms with Gasteiger partial charge < -0.3 is 15.0 Å². The van der Waals surface area contributed by atoms with E-state index in [4.69, 9.17) is 4.74 Å². The molecule has 0 radical (unpaired) electrons. The smallest absolute Gasteiger partial charge is 0.317 e. The molecule has 1 aromatic rings. The van der Waals surface area contributed by atoms with Crippen molar-refractivity contribution < 1.29 is 9.53 Å². The Morgan fingerprint density at radius 3 is 2.88 bits per heavy atom. The fourth-order valence-electron chi connectivity index (χ4n) is 3.65. The Morgan fingerprint density at radius 2 is 2.12 bits per heavy atom. The van der Waals surface area contributed by atoms with Gasteiger partial charge in [0.25, 0.3) is 0 Å². The molecule has 3 heterocycles. The van der Waals surface area contributed by atoms with Crippen molar-refractivity contribution in [3.05, 3.63) is 29.6 Å². The van der Waals surface area contributed by atoms with Crippen molar-refractivity contribution in [1.29, 1.82) is 0 Å². The highest BCUT2D eigenvalue weighted by molar-refractivity contribution is 5.74. The number of hydrogen-bond donors (Lipinski definition) is 1. The van der Waals surface area contributed by atoms with E-state index >= 15 is 0 Å². The number of nitrogens with one attached hydrogen (secondary N) is 1. The predicted molar refractivity (Wildman–Crippen MR) is 93.0 cm³/mol. The SMILES string of the molecule is Cc1cccc(CCNC(=O)N2C[C@@H](N3CCOCC3)[C@@H](C)C2)n1. The molecule has 2 atom stereocenters. The van der Waals surface area contributed by atoms with E-state index in [1.54, 1.807) is 0 Å². The minimum absolute atomic E-state index is 0.0465. The molecule has 1 N–H and O–H groups in total. The Kier molecular flexibility index (Phi) is 5.68. The molecular formula is C18H28N4O2. The van der Waals surface area contributed by atoms with E-state index in [1.807, 2.05) is 30.0 Å². The average Bonchev–Trinajstić information content (AvgIpc) is 2.98. The molecule has 2 fully saturated rings. The standard InChI is InChI=1S/C18H28N4O2/c1-14-12-22(13-17(14)21-8-10-24-11-9-21)18(23)19-7-6-16-5-3-4-15(2)20-16/h3-5,14,17H,6-13H2,1-2H3,(H,19,23)/t14-,17+/m0/s1. The van der Waals surface area contributed by atoms with Crippen LogP contribution in [0.2, 0.25) is 0 Å². The van der Waals surface area contributed by atoms with Crippen molar-refractivity contribution in [1.82, 2.24) is 20.1 Å². The van der Waals surface area contributed by atoms with Gasteiger partial charge in [0.15, 0.2) is 0 Å². The van der Waals surface area contributed by atoms with Crippen LogP contribution in [-0.2, 0) is 11.2 Å². The summed E-state index contributed by atoms with van der Waals surface area (Å²) in [6.07, 6.45) is 0.768. The van der Waals surface area contributed by atoms with E-state index in [9.17, 15) is 4.79 Å². The third kappa shape index (κ3) is 4.24. The van der Waals surface area contributed by atoms with Crippen molar-refractivity contribution in [2.24, 2.45) is 5.92 Å². The summed E-state index contributed by atoms with van der Waals surface area (Å²) >= 11 is 0. The van der Waals surface area contributed by atoms with Gasteiger partial charge in [0.2, 0.25) is 0 Å². The summed E-state index contributed by atoms with van der Waals surface area (Å²) in [5.74, 6) is 0.507. The molecule has 1 aromatic heterocycles. The normalized spacial score (nSPS) is 25.0. The fourth-order valence-corrected chi connectivity index (χ4v) is 3.65. The molecule has 3 rings (SSSR count). The number of likely N-dealkylation sites (tertiary alicyclic amines) is 1. The van der Waals surface area contributed by atoms with Gasteiger partial charge in [-0.2, -0.15) is 0 Å². The van der Waals surface area contributed by atoms with Crippen LogP contribution in [-0.4, -0.2) is 72.8 Å². The van der Waals surface area contributed by atoms with E-state index < -0.39 is 0 Å². The zero-order chi connectivity index (χ0) is 16.9. The number of aromatic nitrogens is 1. The van der Waals surface area contributed by atoms with Crippen molar-refractivity contribution in [3.63, 3.8) is 0 Å². The molecule has 0 aliphatic carbocycles. The Balaban J connectivity index is 1.45. The minimum atomic E-state index is 0.0465. The summed E-state index contributed by atoms with van der Waals surface area (Å²) in [6, 6.07) is 6.50. The lowest BCUT2D eigenvalue weighted by atomic mass is 10.0. The molecule has 6 heteroatoms. The largest absolute Gasteiger partial charge is 0.379 e. The molecule has 132 valence electrons. The summed E-state index contributed by atoms with van der Waals surface area (Å²) in [4.78, 5) is 21.3. The van der Waals surface area contributed by atoms with Crippen LogP contribution in [0.25, 0.3) is 0 Å². The summed E-state index contributed by atoms with van der Waals surface area (Å²) < 4.78 is 5.43. The van der Waals surface area contributed by atoms with Gasteiger partial charge in [-0.3, -0.25) is 9.88 Å². The lowest BCUT2D eigenvalue weighted by molar-refractivity contribution is 0.0123. The number of nitrogens with zero attached hydrogens (tertiary/aromatic N) is 3. The van der Waals surface area contributed by atoms with Crippen LogP contribution in [0.5, 0.6) is 0 Å². The Labute approximate surface area is 144 Å². The molecule has 2 saturated heterocycles. The lowest BCUT2D eigenvalue weighted by Gasteiger charge is -2.33. The molecule has 2 amide bonds. The maximum absolute atomic E-state index is 12.4. The number of carbonyl (C=O) groups excluding carboxylic acids is 1. The Bertz CT molecular complexity index is 560. The molecule has 2 aliphatic rings. The number of ether oxygens (including phenoxy) is 1. The molecular weight excluding hydrogens is 304 g/mol. The van der Waals surface area contributed by atoms with E-state index in [1.165, 1.54) is 0 Å². The minimum Gasteiger partial charge on any atom is -0.379 e. The van der Waals surface area contributed by atoms with Gasteiger partial charge in [-0.1, -0.05) is 13.0 Å². The number of pyridine rings is 1. The molecule has 0 spiro atoms. The zero-order valence-corrected chi connectivity index (χ0v) is 14.7. The Hall–Kier alpha value is -1.66. The van der Waals surface area contributed by atoms with Gasteiger partial charge in [-0.25, -0.2) is 4.79 Å². The second kappa shape index (κ2) is 7.94. The van der Waals surface area contributed by atoms with E-state index in [-0.39, 0.29) is 6.03 Å². The summed E-state index contributed by atoms with van der Waals surface area (Å²) in [7, 11) is 0. The first kappa shape index (κ1) is 17.2. The molecule has 24 heavy (non-hydrogen) atoms. The van der Waals surface area contributed by atoms with E-state index in [2.05, 4.69) is 22.1 Å². The van der Waals surface area contributed by atoms with Gasteiger partial charge in [-0.15, -0.1) is 0 Å². The predicted octanol–water partition coefficient (Wildman–Crippen LogP) is 1.29. The average molecular weight is 332 g/mol. The zero-order valence-electron chi connectivity index (χ0n) is 14.7. The summed E-state index contributed by atoms with van der Waals surface area (Å²) in [5.41, 5.74) is 2.04. The van der Waals surface area contributed by atoms with Gasteiger partial charge in [0.1, 0.15) is 0 Å². The summed E-state index contributed by atoms with van der Waals surface area (Å²) in [5, 5.41) is 3.04. The Morgan fingerprint density at radius 1 is 1.33 bits per heavy atom. The topological polar surface area (TPSA) is 57.7 Å². The number of rotatable bonds is 4. The van der Waals surface area contributed by atoms with Crippen LogP contribution >= 0.6 is 0 Å². The maximum atomic E-state index is 12.4. The molecule has 2 aliphatic heterocycles. The highest BCUT2D eigenvalue weighted by Crippen LogP contribution is 2.22. The number of urea groups is 1. The van der Waals surface area contributed by atoms with Crippen LogP contribution < -0.4 is 5.32 Å². The quantitative estimate of drug-likeness (QED) is 0.903. The van der Waals surface area contributed by atoms with Crippen LogP contribution in [0, 0.1) is 12.8 Å². The first-order valence-electron chi connectivity index (χ1n) is 8.90. The van der Waals surface area contributed by atoms with Gasteiger partial charge in [-0.05, 0) is 25.0 Å². The van der Waals surface area contributed by atoms with Crippen LogP contribution in [0.4, 0.5) is 4.79 Å². The van der Waals surface area contributed by atoms with Crippen molar-refractivity contribution in [3.8, 4) is 0 Å². The van der Waals surface area contributed by atoms with Crippen LogP contribution in [0.15, 0.2) is 18.2 Å². The molecule has 0 bridgehead atoms. The molecule has 0 aromatic carbocycles. The van der Waals surface area contributed by atoms with Crippen LogP contribution in [0.1, 0.15) is 18.3 Å². The number of morpholine rings is 1. The van der Waals surface area contributed by atoms with E-state index in [0.29, 0.717) is 18.5 Å². The monoisotopic (exact) mass is 332 g/mol. The second-order valence-electron chi connectivity index (χ2n) is 6.85. The second-order valence-corrected chi connectivity index (χ2v) is 6.85. The van der Waals surface area contributed by atoms with Gasteiger partial charge in [0.05, 0.1) is 13.2 Å².